The third kappa shape index (κ3) is 3.80. The van der Waals surface area contributed by atoms with E-state index in [1.165, 1.54) is 12.1 Å². The Morgan fingerprint density at radius 1 is 1.27 bits per heavy atom. The van der Waals surface area contributed by atoms with Crippen molar-refractivity contribution in [1.82, 2.24) is 4.90 Å². The van der Waals surface area contributed by atoms with Gasteiger partial charge in [0.25, 0.3) is 5.91 Å². The second kappa shape index (κ2) is 7.58. The van der Waals surface area contributed by atoms with E-state index in [2.05, 4.69) is 21.2 Å². The number of rotatable bonds is 5. The number of carbonyl (C=O) groups is 2. The van der Waals surface area contributed by atoms with Gasteiger partial charge in [0.05, 0.1) is 5.69 Å². The van der Waals surface area contributed by atoms with Gasteiger partial charge in [-0.15, -0.1) is 0 Å². The molecule has 0 aliphatic carbocycles. The Balaban J connectivity index is 1.84. The number of benzene rings is 2. The Hall–Kier alpha value is -2.21. The van der Waals surface area contributed by atoms with Gasteiger partial charge in [0.2, 0.25) is 5.91 Å². The first-order chi connectivity index (χ1) is 12.4. The SMILES string of the molecule is CC(C)CC(C(=O)Nc1ccc(Br)cc1F)N1Cc2ccccc2C1=O. The van der Waals surface area contributed by atoms with Crippen LogP contribution in [0.5, 0.6) is 0 Å². The van der Waals surface area contributed by atoms with Crippen LogP contribution in [-0.4, -0.2) is 22.8 Å². The summed E-state index contributed by atoms with van der Waals surface area (Å²) in [5.74, 6) is -0.845. The summed E-state index contributed by atoms with van der Waals surface area (Å²) in [5.41, 5.74) is 1.65. The Morgan fingerprint density at radius 2 is 2.00 bits per heavy atom. The van der Waals surface area contributed by atoms with Gasteiger partial charge in [-0.1, -0.05) is 48.0 Å². The molecule has 1 heterocycles. The predicted octanol–water partition coefficient (Wildman–Crippen LogP) is 4.60. The monoisotopic (exact) mass is 418 g/mol. The Kier molecular flexibility index (Phi) is 5.41. The second-order valence-corrected chi connectivity index (χ2v) is 7.76. The highest BCUT2D eigenvalue weighted by Crippen LogP contribution is 2.28. The Morgan fingerprint density at radius 3 is 2.65 bits per heavy atom. The third-order valence-corrected chi connectivity index (χ3v) is 4.91. The van der Waals surface area contributed by atoms with Crippen molar-refractivity contribution in [2.45, 2.75) is 32.9 Å². The van der Waals surface area contributed by atoms with E-state index in [-0.39, 0.29) is 23.4 Å². The fourth-order valence-corrected chi connectivity index (χ4v) is 3.49. The Labute approximate surface area is 160 Å². The lowest BCUT2D eigenvalue weighted by atomic mass is 10.0. The molecule has 136 valence electrons. The molecule has 0 saturated heterocycles. The molecular weight excluding hydrogens is 399 g/mol. The molecular formula is C20H20BrFN2O2. The third-order valence-electron chi connectivity index (χ3n) is 4.41. The first-order valence-corrected chi connectivity index (χ1v) is 9.31. The quantitative estimate of drug-likeness (QED) is 0.771. The highest BCUT2D eigenvalue weighted by atomic mass is 79.9. The molecule has 1 unspecified atom stereocenters. The summed E-state index contributed by atoms with van der Waals surface area (Å²) < 4.78 is 14.7. The summed E-state index contributed by atoms with van der Waals surface area (Å²) >= 11 is 3.20. The van der Waals surface area contributed by atoms with Crippen molar-refractivity contribution in [2.75, 3.05) is 5.32 Å². The molecule has 6 heteroatoms. The lowest BCUT2D eigenvalue weighted by Crippen LogP contribution is -2.45. The standard InChI is InChI=1S/C20H20BrFN2O2/c1-12(2)9-18(19(25)23-17-8-7-14(21)10-16(17)22)24-11-13-5-3-4-6-15(13)20(24)26/h3-8,10,12,18H,9,11H2,1-2H3,(H,23,25). The average Bonchev–Trinajstić information content (AvgIpc) is 2.92. The first-order valence-electron chi connectivity index (χ1n) is 8.51. The fourth-order valence-electron chi connectivity index (χ4n) is 3.16. The smallest absolute Gasteiger partial charge is 0.255 e. The minimum Gasteiger partial charge on any atom is -0.322 e. The highest BCUT2D eigenvalue weighted by molar-refractivity contribution is 9.10. The minimum atomic E-state index is -0.655. The van der Waals surface area contributed by atoms with Crippen LogP contribution in [0.4, 0.5) is 10.1 Å². The van der Waals surface area contributed by atoms with Gasteiger partial charge in [0.15, 0.2) is 0 Å². The van der Waals surface area contributed by atoms with E-state index in [0.29, 0.717) is 23.0 Å². The zero-order chi connectivity index (χ0) is 18.8. The number of nitrogens with zero attached hydrogens (tertiary/aromatic N) is 1. The number of nitrogens with one attached hydrogen (secondary N) is 1. The molecule has 2 aromatic rings. The van der Waals surface area contributed by atoms with Crippen LogP contribution in [-0.2, 0) is 11.3 Å². The summed E-state index contributed by atoms with van der Waals surface area (Å²) in [6.45, 7) is 4.38. The van der Waals surface area contributed by atoms with Crippen molar-refractivity contribution in [2.24, 2.45) is 5.92 Å². The van der Waals surface area contributed by atoms with Crippen molar-refractivity contribution in [3.05, 3.63) is 63.9 Å². The maximum absolute atomic E-state index is 14.1. The van der Waals surface area contributed by atoms with Crippen LogP contribution in [0.1, 0.15) is 36.2 Å². The zero-order valence-electron chi connectivity index (χ0n) is 14.6. The molecule has 0 fully saturated rings. The maximum atomic E-state index is 14.1. The summed E-state index contributed by atoms with van der Waals surface area (Å²) in [4.78, 5) is 27.2. The molecule has 1 aliphatic rings. The highest BCUT2D eigenvalue weighted by Gasteiger charge is 2.36. The first kappa shape index (κ1) is 18.6. The van der Waals surface area contributed by atoms with Gasteiger partial charge in [0.1, 0.15) is 11.9 Å². The summed E-state index contributed by atoms with van der Waals surface area (Å²) in [5, 5.41) is 2.64. The fraction of sp³-hybridized carbons (Fsp3) is 0.300. The number of anilines is 1. The number of amides is 2. The molecule has 1 atom stereocenters. The van der Waals surface area contributed by atoms with E-state index in [9.17, 15) is 14.0 Å². The van der Waals surface area contributed by atoms with Crippen molar-refractivity contribution in [1.29, 1.82) is 0 Å². The van der Waals surface area contributed by atoms with E-state index in [1.54, 1.807) is 17.0 Å². The lowest BCUT2D eigenvalue weighted by Gasteiger charge is -2.28. The Bertz CT molecular complexity index is 853. The largest absolute Gasteiger partial charge is 0.322 e. The normalized spacial score (nSPS) is 14.5. The van der Waals surface area contributed by atoms with Crippen LogP contribution in [0.2, 0.25) is 0 Å². The van der Waals surface area contributed by atoms with E-state index >= 15 is 0 Å². The molecule has 0 saturated carbocycles. The molecule has 3 rings (SSSR count). The molecule has 2 amide bonds. The maximum Gasteiger partial charge on any atom is 0.255 e. The van der Waals surface area contributed by atoms with Crippen LogP contribution >= 0.6 is 15.9 Å². The molecule has 2 aromatic carbocycles. The van der Waals surface area contributed by atoms with E-state index in [1.807, 2.05) is 32.0 Å². The van der Waals surface area contributed by atoms with E-state index < -0.39 is 11.9 Å². The average molecular weight is 419 g/mol. The molecule has 1 aliphatic heterocycles. The van der Waals surface area contributed by atoms with Gasteiger partial charge < -0.3 is 10.2 Å². The molecule has 4 nitrogen and oxygen atoms in total. The number of fused-ring (bicyclic) bond motifs is 1. The van der Waals surface area contributed by atoms with E-state index in [4.69, 9.17) is 0 Å². The molecule has 26 heavy (non-hydrogen) atoms. The van der Waals surface area contributed by atoms with Gasteiger partial charge in [-0.2, -0.15) is 0 Å². The van der Waals surface area contributed by atoms with Crippen LogP contribution in [0, 0.1) is 11.7 Å². The molecule has 0 aromatic heterocycles. The van der Waals surface area contributed by atoms with Gasteiger partial charge in [-0.25, -0.2) is 4.39 Å². The minimum absolute atomic E-state index is 0.108. The zero-order valence-corrected chi connectivity index (χ0v) is 16.2. The van der Waals surface area contributed by atoms with Crippen LogP contribution in [0.15, 0.2) is 46.9 Å². The molecule has 1 N–H and O–H groups in total. The van der Waals surface area contributed by atoms with Crippen molar-refractivity contribution in [3.8, 4) is 0 Å². The second-order valence-electron chi connectivity index (χ2n) is 6.85. The van der Waals surface area contributed by atoms with Gasteiger partial charge >= 0.3 is 0 Å². The van der Waals surface area contributed by atoms with Crippen molar-refractivity contribution >= 4 is 33.4 Å². The van der Waals surface area contributed by atoms with Crippen LogP contribution in [0.25, 0.3) is 0 Å². The molecule has 0 bridgehead atoms. The topological polar surface area (TPSA) is 49.4 Å². The lowest BCUT2D eigenvalue weighted by molar-refractivity contribution is -0.121. The number of halogens is 2. The van der Waals surface area contributed by atoms with Crippen molar-refractivity contribution in [3.63, 3.8) is 0 Å². The number of hydrogen-bond donors (Lipinski definition) is 1. The van der Waals surface area contributed by atoms with Crippen LogP contribution < -0.4 is 5.32 Å². The van der Waals surface area contributed by atoms with E-state index in [0.717, 1.165) is 5.56 Å². The van der Waals surface area contributed by atoms with Gasteiger partial charge in [-0.3, -0.25) is 9.59 Å². The summed E-state index contributed by atoms with van der Waals surface area (Å²) in [6, 6.07) is 11.2. The summed E-state index contributed by atoms with van der Waals surface area (Å²) in [6.07, 6.45) is 0.504. The number of carbonyl (C=O) groups excluding carboxylic acids is 2. The number of hydrogen-bond acceptors (Lipinski definition) is 2. The summed E-state index contributed by atoms with van der Waals surface area (Å²) in [7, 11) is 0. The van der Waals surface area contributed by atoms with Crippen LogP contribution in [0.3, 0.4) is 0 Å². The molecule has 0 spiro atoms. The predicted molar refractivity (Wildman–Crippen MR) is 102 cm³/mol. The molecule has 0 radical (unpaired) electrons. The van der Waals surface area contributed by atoms with Crippen molar-refractivity contribution < 1.29 is 14.0 Å². The van der Waals surface area contributed by atoms with Gasteiger partial charge in [-0.05, 0) is 42.2 Å². The van der Waals surface area contributed by atoms with Gasteiger partial charge in [0, 0.05) is 16.6 Å².